The zero-order chi connectivity index (χ0) is 29.4. The first-order valence-electron chi connectivity index (χ1n) is 17.6. The standard InChI is InChI=1S/C35H69NO4/c1-4-6-8-10-12-14-16-18-20-22-24-28-34(37)39-32-26-30-36(3)31-27-33-40-35(38)29-25-23-21-19-17-15-13-11-9-7-5-2/h4-33H2,1-3H3. The lowest BCUT2D eigenvalue weighted by atomic mass is 10.1. The second-order valence-electron chi connectivity index (χ2n) is 12.0. The van der Waals surface area contributed by atoms with Gasteiger partial charge in [0.2, 0.25) is 0 Å². The second-order valence-corrected chi connectivity index (χ2v) is 12.0. The maximum atomic E-state index is 11.9. The van der Waals surface area contributed by atoms with Gasteiger partial charge in [-0.05, 0) is 32.7 Å². The summed E-state index contributed by atoms with van der Waals surface area (Å²) in [6, 6.07) is 0. The van der Waals surface area contributed by atoms with E-state index >= 15 is 0 Å². The van der Waals surface area contributed by atoms with Crippen LogP contribution >= 0.6 is 0 Å². The third-order valence-electron chi connectivity index (χ3n) is 7.86. The van der Waals surface area contributed by atoms with Crippen LogP contribution in [0.2, 0.25) is 0 Å². The van der Waals surface area contributed by atoms with Crippen molar-refractivity contribution in [1.82, 2.24) is 4.90 Å². The fraction of sp³-hybridized carbons (Fsp3) is 0.943. The SMILES string of the molecule is CCCCCCCCCCCCCC(=O)OCCCN(C)CCCOC(=O)CCCCCCCCCCCCC. The third-order valence-corrected chi connectivity index (χ3v) is 7.86. The maximum Gasteiger partial charge on any atom is 0.305 e. The lowest BCUT2D eigenvalue weighted by Crippen LogP contribution is -2.23. The van der Waals surface area contributed by atoms with E-state index in [-0.39, 0.29) is 11.9 Å². The lowest BCUT2D eigenvalue weighted by molar-refractivity contribution is -0.144. The molecule has 0 spiro atoms. The molecule has 40 heavy (non-hydrogen) atoms. The summed E-state index contributed by atoms with van der Waals surface area (Å²) in [6.45, 7) is 7.29. The Bertz CT molecular complexity index is 493. The summed E-state index contributed by atoms with van der Waals surface area (Å²) in [4.78, 5) is 26.1. The van der Waals surface area contributed by atoms with Crippen molar-refractivity contribution < 1.29 is 19.1 Å². The van der Waals surface area contributed by atoms with E-state index in [1.165, 1.54) is 116 Å². The first-order valence-corrected chi connectivity index (χ1v) is 17.6. The van der Waals surface area contributed by atoms with E-state index in [2.05, 4.69) is 25.8 Å². The summed E-state index contributed by atoms with van der Waals surface area (Å²) in [5.74, 6) is -0.105. The lowest BCUT2D eigenvalue weighted by Gasteiger charge is -2.16. The van der Waals surface area contributed by atoms with Crippen molar-refractivity contribution in [2.45, 2.75) is 181 Å². The number of ether oxygens (including phenoxy) is 2. The molecule has 0 fully saturated rings. The van der Waals surface area contributed by atoms with Gasteiger partial charge in [0.25, 0.3) is 0 Å². The van der Waals surface area contributed by atoms with Gasteiger partial charge in [0.1, 0.15) is 0 Å². The highest BCUT2D eigenvalue weighted by Crippen LogP contribution is 2.13. The predicted molar refractivity (Wildman–Crippen MR) is 171 cm³/mol. The van der Waals surface area contributed by atoms with Crippen molar-refractivity contribution in [2.24, 2.45) is 0 Å². The Morgan fingerprint density at radius 2 is 0.700 bits per heavy atom. The van der Waals surface area contributed by atoms with E-state index in [0.29, 0.717) is 26.1 Å². The van der Waals surface area contributed by atoms with Gasteiger partial charge in [-0.3, -0.25) is 9.59 Å². The Morgan fingerprint density at radius 3 is 1.00 bits per heavy atom. The molecule has 5 heteroatoms. The van der Waals surface area contributed by atoms with Gasteiger partial charge in [0, 0.05) is 25.9 Å². The number of hydrogen-bond acceptors (Lipinski definition) is 5. The number of carbonyl (C=O) groups excluding carboxylic acids is 2. The van der Waals surface area contributed by atoms with Crippen molar-refractivity contribution in [2.75, 3.05) is 33.4 Å². The molecule has 0 rings (SSSR count). The minimum Gasteiger partial charge on any atom is -0.466 e. The molecule has 0 heterocycles. The molecule has 0 atom stereocenters. The van der Waals surface area contributed by atoms with E-state index in [0.717, 1.165) is 51.6 Å². The third kappa shape index (κ3) is 31.4. The molecule has 0 aromatic heterocycles. The van der Waals surface area contributed by atoms with E-state index in [1.807, 2.05) is 0 Å². The molecule has 0 aromatic rings. The highest BCUT2D eigenvalue weighted by Gasteiger charge is 2.06. The number of esters is 2. The molecular formula is C35H69NO4. The molecule has 0 saturated carbocycles. The monoisotopic (exact) mass is 568 g/mol. The summed E-state index contributed by atoms with van der Waals surface area (Å²) in [6.07, 6.45) is 31.2. The van der Waals surface area contributed by atoms with Crippen molar-refractivity contribution >= 4 is 11.9 Å². The Hall–Kier alpha value is -1.10. The van der Waals surface area contributed by atoms with Crippen molar-refractivity contribution in [3.05, 3.63) is 0 Å². The van der Waals surface area contributed by atoms with Crippen LogP contribution in [0, 0.1) is 0 Å². The minimum absolute atomic E-state index is 0.0525. The molecule has 0 N–H and O–H groups in total. The van der Waals surface area contributed by atoms with Crippen molar-refractivity contribution in [3.63, 3.8) is 0 Å². The quantitative estimate of drug-likeness (QED) is 0.0598. The molecule has 0 aliphatic rings. The van der Waals surface area contributed by atoms with Crippen molar-refractivity contribution in [1.29, 1.82) is 0 Å². The average molecular weight is 568 g/mol. The Morgan fingerprint density at radius 1 is 0.425 bits per heavy atom. The summed E-state index contributed by atoms with van der Waals surface area (Å²) < 4.78 is 10.8. The van der Waals surface area contributed by atoms with Crippen LogP contribution in [-0.4, -0.2) is 50.2 Å². The van der Waals surface area contributed by atoms with E-state index in [4.69, 9.17) is 9.47 Å². The molecule has 0 aromatic carbocycles. The molecule has 0 radical (unpaired) electrons. The van der Waals surface area contributed by atoms with Crippen molar-refractivity contribution in [3.8, 4) is 0 Å². The molecule has 5 nitrogen and oxygen atoms in total. The summed E-state index contributed by atoms with van der Waals surface area (Å²) in [5.41, 5.74) is 0. The highest BCUT2D eigenvalue weighted by atomic mass is 16.5. The van der Waals surface area contributed by atoms with Crippen LogP contribution in [0.1, 0.15) is 181 Å². The first-order chi connectivity index (χ1) is 19.6. The molecule has 0 aliphatic carbocycles. The first kappa shape index (κ1) is 38.9. The summed E-state index contributed by atoms with van der Waals surface area (Å²) in [5, 5.41) is 0. The Kier molecular flexibility index (Phi) is 31.5. The fourth-order valence-electron chi connectivity index (χ4n) is 5.16. The summed E-state index contributed by atoms with van der Waals surface area (Å²) in [7, 11) is 2.07. The van der Waals surface area contributed by atoms with Gasteiger partial charge in [-0.1, -0.05) is 142 Å². The highest BCUT2D eigenvalue weighted by molar-refractivity contribution is 5.69. The zero-order valence-electron chi connectivity index (χ0n) is 27.3. The van der Waals surface area contributed by atoms with Crippen LogP contribution < -0.4 is 0 Å². The smallest absolute Gasteiger partial charge is 0.305 e. The van der Waals surface area contributed by atoms with Gasteiger partial charge >= 0.3 is 11.9 Å². The average Bonchev–Trinajstić information content (AvgIpc) is 2.95. The van der Waals surface area contributed by atoms with E-state index in [1.54, 1.807) is 0 Å². The number of unbranched alkanes of at least 4 members (excludes halogenated alkanes) is 20. The van der Waals surface area contributed by atoms with Gasteiger partial charge in [-0.25, -0.2) is 0 Å². The van der Waals surface area contributed by atoms with Gasteiger partial charge < -0.3 is 14.4 Å². The minimum atomic E-state index is -0.0525. The van der Waals surface area contributed by atoms with Crippen LogP contribution in [0.3, 0.4) is 0 Å². The predicted octanol–water partition coefficient (Wildman–Crippen LogP) is 10.2. The number of nitrogens with zero attached hydrogens (tertiary/aromatic N) is 1. The number of hydrogen-bond donors (Lipinski definition) is 0. The Balaban J connectivity index is 3.37. The second kappa shape index (κ2) is 32.4. The molecule has 0 saturated heterocycles. The topological polar surface area (TPSA) is 55.8 Å². The zero-order valence-corrected chi connectivity index (χ0v) is 27.3. The van der Waals surface area contributed by atoms with E-state index in [9.17, 15) is 9.59 Å². The van der Waals surface area contributed by atoms with Gasteiger partial charge in [0.15, 0.2) is 0 Å². The normalized spacial score (nSPS) is 11.3. The number of carbonyl (C=O) groups is 2. The molecule has 0 bridgehead atoms. The van der Waals surface area contributed by atoms with Crippen LogP contribution in [0.15, 0.2) is 0 Å². The Labute approximate surface area is 249 Å². The van der Waals surface area contributed by atoms with E-state index < -0.39 is 0 Å². The maximum absolute atomic E-state index is 11.9. The van der Waals surface area contributed by atoms with Crippen LogP contribution in [0.4, 0.5) is 0 Å². The van der Waals surface area contributed by atoms with Gasteiger partial charge in [0.05, 0.1) is 13.2 Å². The molecular weight excluding hydrogens is 498 g/mol. The fourth-order valence-corrected chi connectivity index (χ4v) is 5.16. The summed E-state index contributed by atoms with van der Waals surface area (Å²) >= 11 is 0. The molecule has 0 amide bonds. The molecule has 0 aliphatic heterocycles. The van der Waals surface area contributed by atoms with Gasteiger partial charge in [-0.15, -0.1) is 0 Å². The van der Waals surface area contributed by atoms with Crippen LogP contribution in [0.5, 0.6) is 0 Å². The molecule has 238 valence electrons. The largest absolute Gasteiger partial charge is 0.466 e. The molecule has 0 unspecified atom stereocenters. The number of rotatable bonds is 32. The van der Waals surface area contributed by atoms with Crippen LogP contribution in [0.25, 0.3) is 0 Å². The van der Waals surface area contributed by atoms with Crippen LogP contribution in [-0.2, 0) is 19.1 Å². The van der Waals surface area contributed by atoms with Gasteiger partial charge in [-0.2, -0.15) is 0 Å².